The third-order valence-corrected chi connectivity index (χ3v) is 6.81. The maximum absolute atomic E-state index is 13.5. The number of nitrogens with zero attached hydrogens (tertiary/aromatic N) is 5. The van der Waals surface area contributed by atoms with E-state index in [2.05, 4.69) is 21.7 Å². The fourth-order valence-electron chi connectivity index (χ4n) is 4.99. The summed E-state index contributed by atoms with van der Waals surface area (Å²) in [7, 11) is 3.86. The summed E-state index contributed by atoms with van der Waals surface area (Å²) in [5, 5.41) is 0. The van der Waals surface area contributed by atoms with E-state index in [0.717, 1.165) is 62.3 Å². The molecule has 3 heterocycles. The summed E-state index contributed by atoms with van der Waals surface area (Å²) in [5.41, 5.74) is 2.86. The average molecular weight is 440 g/mol. The van der Waals surface area contributed by atoms with Crippen molar-refractivity contribution in [1.29, 1.82) is 0 Å². The Bertz CT molecular complexity index is 918. The van der Waals surface area contributed by atoms with Crippen molar-refractivity contribution in [3.05, 3.63) is 42.0 Å². The van der Waals surface area contributed by atoms with Gasteiger partial charge in [0.25, 0.3) is 0 Å². The summed E-state index contributed by atoms with van der Waals surface area (Å²) in [6, 6.07) is 6.54. The molecule has 32 heavy (non-hydrogen) atoms. The van der Waals surface area contributed by atoms with Crippen molar-refractivity contribution in [1.82, 2.24) is 19.8 Å². The second kappa shape index (κ2) is 9.94. The van der Waals surface area contributed by atoms with Gasteiger partial charge in [-0.05, 0) is 62.9 Å². The minimum atomic E-state index is -0.253. The predicted molar refractivity (Wildman–Crippen MR) is 125 cm³/mol. The average Bonchev–Trinajstić information content (AvgIpc) is 3.34. The SMILES string of the molecule is CC[C@@H](C(=O)N1CCC(c2nc(N(C)C)ncc2-c2ccc(F)cc2)CC1)N1CCCC1. The highest BCUT2D eigenvalue weighted by Crippen LogP contribution is 2.35. The largest absolute Gasteiger partial charge is 0.347 e. The lowest BCUT2D eigenvalue weighted by atomic mass is 9.88. The van der Waals surface area contributed by atoms with Crippen molar-refractivity contribution >= 4 is 11.9 Å². The Labute approximate surface area is 190 Å². The minimum absolute atomic E-state index is 0.0169. The van der Waals surface area contributed by atoms with Crippen LogP contribution in [0.4, 0.5) is 10.3 Å². The summed E-state index contributed by atoms with van der Waals surface area (Å²) < 4.78 is 13.5. The van der Waals surface area contributed by atoms with Crippen LogP contribution in [0, 0.1) is 5.82 Å². The highest BCUT2D eigenvalue weighted by atomic mass is 19.1. The molecule has 0 unspecified atom stereocenters. The molecule has 1 aromatic heterocycles. The highest BCUT2D eigenvalue weighted by molar-refractivity contribution is 5.82. The normalized spacial score (nSPS) is 18.7. The van der Waals surface area contributed by atoms with E-state index in [1.165, 1.54) is 25.0 Å². The molecule has 2 aliphatic heterocycles. The molecular formula is C25H34FN5O. The first-order valence-electron chi connectivity index (χ1n) is 11.8. The Balaban J connectivity index is 1.52. The Kier molecular flexibility index (Phi) is 7.04. The first-order valence-corrected chi connectivity index (χ1v) is 11.8. The van der Waals surface area contributed by atoms with Crippen molar-refractivity contribution < 1.29 is 9.18 Å². The standard InChI is InChI=1S/C25H34FN5O/c1-4-22(30-13-5-6-14-30)24(32)31-15-11-19(12-16-31)23-21(17-27-25(28-23)29(2)3)18-7-9-20(26)10-8-18/h7-10,17,19,22H,4-6,11-16H2,1-3H3/t22-/m0/s1. The van der Waals surface area contributed by atoms with Gasteiger partial charge in [-0.3, -0.25) is 9.69 Å². The fraction of sp³-hybridized carbons (Fsp3) is 0.560. The molecular weight excluding hydrogens is 405 g/mol. The van der Waals surface area contributed by atoms with Gasteiger partial charge in [0.15, 0.2) is 0 Å². The van der Waals surface area contributed by atoms with Gasteiger partial charge >= 0.3 is 0 Å². The van der Waals surface area contributed by atoms with Crippen LogP contribution in [-0.2, 0) is 4.79 Å². The van der Waals surface area contributed by atoms with E-state index >= 15 is 0 Å². The van der Waals surface area contributed by atoms with Crippen molar-refractivity contribution in [3.63, 3.8) is 0 Å². The summed E-state index contributed by atoms with van der Waals surface area (Å²) in [5.74, 6) is 0.942. The molecule has 1 amide bonds. The van der Waals surface area contributed by atoms with E-state index in [9.17, 15) is 9.18 Å². The predicted octanol–water partition coefficient (Wildman–Crippen LogP) is 3.93. The van der Waals surface area contributed by atoms with E-state index in [1.54, 1.807) is 12.1 Å². The van der Waals surface area contributed by atoms with Crippen LogP contribution < -0.4 is 4.90 Å². The molecule has 0 saturated carbocycles. The van der Waals surface area contributed by atoms with Gasteiger partial charge in [0.2, 0.25) is 11.9 Å². The van der Waals surface area contributed by atoms with E-state index in [4.69, 9.17) is 4.98 Å². The number of carbonyl (C=O) groups is 1. The van der Waals surface area contributed by atoms with Crippen molar-refractivity contribution in [2.45, 2.75) is 51.0 Å². The zero-order valence-corrected chi connectivity index (χ0v) is 19.4. The molecule has 6 nitrogen and oxygen atoms in total. The molecule has 7 heteroatoms. The molecule has 1 atom stereocenters. The maximum Gasteiger partial charge on any atom is 0.239 e. The molecule has 172 valence electrons. The maximum atomic E-state index is 13.5. The van der Waals surface area contributed by atoms with E-state index in [0.29, 0.717) is 5.95 Å². The van der Waals surface area contributed by atoms with E-state index < -0.39 is 0 Å². The van der Waals surface area contributed by atoms with E-state index in [-0.39, 0.29) is 23.7 Å². The lowest BCUT2D eigenvalue weighted by Crippen LogP contribution is -2.49. The lowest BCUT2D eigenvalue weighted by Gasteiger charge is -2.36. The van der Waals surface area contributed by atoms with Crippen LogP contribution in [0.3, 0.4) is 0 Å². The third kappa shape index (κ3) is 4.77. The molecule has 0 spiro atoms. The quantitative estimate of drug-likeness (QED) is 0.683. The summed E-state index contributed by atoms with van der Waals surface area (Å²) in [4.78, 5) is 28.9. The number of amides is 1. The number of halogens is 1. The Morgan fingerprint density at radius 3 is 2.38 bits per heavy atom. The molecule has 2 saturated heterocycles. The third-order valence-electron chi connectivity index (χ3n) is 6.81. The summed E-state index contributed by atoms with van der Waals surface area (Å²) >= 11 is 0. The van der Waals surface area contributed by atoms with Crippen LogP contribution in [0.2, 0.25) is 0 Å². The Hall–Kier alpha value is -2.54. The van der Waals surface area contributed by atoms with Crippen molar-refractivity contribution in [2.75, 3.05) is 45.2 Å². The monoisotopic (exact) mass is 439 g/mol. The number of carbonyl (C=O) groups excluding carboxylic acids is 1. The number of benzene rings is 1. The molecule has 0 N–H and O–H groups in total. The zero-order valence-electron chi connectivity index (χ0n) is 19.4. The molecule has 1 aromatic carbocycles. The van der Waals surface area contributed by atoms with E-state index in [1.807, 2.05) is 25.2 Å². The van der Waals surface area contributed by atoms with Crippen molar-refractivity contribution in [2.24, 2.45) is 0 Å². The summed E-state index contributed by atoms with van der Waals surface area (Å²) in [6.45, 7) is 5.69. The number of rotatable bonds is 6. The first kappa shape index (κ1) is 22.6. The fourth-order valence-corrected chi connectivity index (χ4v) is 4.99. The van der Waals surface area contributed by atoms with Crippen LogP contribution >= 0.6 is 0 Å². The van der Waals surface area contributed by atoms with Crippen LogP contribution in [0.5, 0.6) is 0 Å². The van der Waals surface area contributed by atoms with Gasteiger partial charge < -0.3 is 9.80 Å². The summed E-state index contributed by atoms with van der Waals surface area (Å²) in [6.07, 6.45) is 6.86. The van der Waals surface area contributed by atoms with Crippen molar-refractivity contribution in [3.8, 4) is 11.1 Å². The first-order chi connectivity index (χ1) is 15.5. The lowest BCUT2D eigenvalue weighted by molar-refractivity contribution is -0.137. The Morgan fingerprint density at radius 2 is 1.78 bits per heavy atom. The van der Waals surface area contributed by atoms with Crippen LogP contribution in [-0.4, -0.2) is 72.0 Å². The second-order valence-corrected chi connectivity index (χ2v) is 9.14. The van der Waals surface area contributed by atoms with Gasteiger partial charge in [0, 0.05) is 44.9 Å². The van der Waals surface area contributed by atoms with Crippen LogP contribution in [0.15, 0.2) is 30.5 Å². The number of anilines is 1. The van der Waals surface area contributed by atoms with Gasteiger partial charge in [-0.25, -0.2) is 14.4 Å². The van der Waals surface area contributed by atoms with Gasteiger partial charge in [-0.1, -0.05) is 19.1 Å². The molecule has 0 bridgehead atoms. The van der Waals surface area contributed by atoms with Crippen LogP contribution in [0.1, 0.15) is 50.6 Å². The van der Waals surface area contributed by atoms with Gasteiger partial charge in [0.1, 0.15) is 5.82 Å². The topological polar surface area (TPSA) is 52.6 Å². The van der Waals surface area contributed by atoms with Crippen LogP contribution in [0.25, 0.3) is 11.1 Å². The molecule has 2 aliphatic rings. The number of hydrogen-bond acceptors (Lipinski definition) is 5. The number of likely N-dealkylation sites (tertiary alicyclic amines) is 2. The number of piperidine rings is 1. The molecule has 2 aromatic rings. The Morgan fingerprint density at radius 1 is 1.12 bits per heavy atom. The smallest absolute Gasteiger partial charge is 0.239 e. The minimum Gasteiger partial charge on any atom is -0.347 e. The van der Waals surface area contributed by atoms with Gasteiger partial charge in [-0.15, -0.1) is 0 Å². The number of hydrogen-bond donors (Lipinski definition) is 0. The molecule has 0 radical (unpaired) electrons. The van der Waals surface area contributed by atoms with Gasteiger partial charge in [0.05, 0.1) is 11.7 Å². The second-order valence-electron chi connectivity index (χ2n) is 9.14. The zero-order chi connectivity index (χ0) is 22.7. The molecule has 2 fully saturated rings. The molecule has 4 rings (SSSR count). The number of aromatic nitrogens is 2. The molecule has 0 aliphatic carbocycles. The van der Waals surface area contributed by atoms with Gasteiger partial charge in [-0.2, -0.15) is 0 Å². The highest BCUT2D eigenvalue weighted by Gasteiger charge is 2.33.